The molecule has 1 aromatic heterocycles. The van der Waals surface area contributed by atoms with Crippen LogP contribution in [0.3, 0.4) is 0 Å². The maximum atomic E-state index is 12.0. The summed E-state index contributed by atoms with van der Waals surface area (Å²) in [5.41, 5.74) is 2.96. The molecule has 98 valence electrons. The third-order valence-corrected chi connectivity index (χ3v) is 3.98. The van der Waals surface area contributed by atoms with Gasteiger partial charge in [0.15, 0.2) is 0 Å². The zero-order valence-corrected chi connectivity index (χ0v) is 11.5. The van der Waals surface area contributed by atoms with E-state index in [1.807, 2.05) is 36.6 Å². The molecule has 2 N–H and O–H groups in total. The molecule has 19 heavy (non-hydrogen) atoms. The van der Waals surface area contributed by atoms with Crippen molar-refractivity contribution < 1.29 is 4.79 Å². The van der Waals surface area contributed by atoms with Gasteiger partial charge < -0.3 is 10.6 Å². The van der Waals surface area contributed by atoms with E-state index in [4.69, 9.17) is 0 Å². The fourth-order valence-corrected chi connectivity index (χ4v) is 2.93. The Balaban J connectivity index is 2.04. The molecular formula is C14H15N3OS. The number of amides is 1. The lowest BCUT2D eigenvalue weighted by atomic mass is 9.97. The molecule has 2 heterocycles. The second-order valence-corrected chi connectivity index (χ2v) is 5.58. The second kappa shape index (κ2) is 5.11. The summed E-state index contributed by atoms with van der Waals surface area (Å²) in [6.45, 7) is 3.47. The molecule has 2 aromatic rings. The van der Waals surface area contributed by atoms with Gasteiger partial charge in [-0.1, -0.05) is 24.3 Å². The molecule has 1 aromatic carbocycles. The molecule has 1 fully saturated rings. The fourth-order valence-electron chi connectivity index (χ4n) is 2.32. The Hall–Kier alpha value is -1.72. The molecular weight excluding hydrogens is 258 g/mol. The van der Waals surface area contributed by atoms with E-state index >= 15 is 0 Å². The summed E-state index contributed by atoms with van der Waals surface area (Å²) in [6, 6.07) is 7.67. The highest BCUT2D eigenvalue weighted by atomic mass is 32.1. The van der Waals surface area contributed by atoms with Gasteiger partial charge in [0.05, 0.1) is 10.7 Å². The van der Waals surface area contributed by atoms with Crippen LogP contribution < -0.4 is 10.6 Å². The lowest BCUT2D eigenvalue weighted by Gasteiger charge is -2.25. The third-order valence-electron chi connectivity index (χ3n) is 3.20. The number of nitrogens with zero attached hydrogens (tertiary/aromatic N) is 1. The predicted molar refractivity (Wildman–Crippen MR) is 76.0 cm³/mol. The highest BCUT2D eigenvalue weighted by Crippen LogP contribution is 2.29. The van der Waals surface area contributed by atoms with Crippen LogP contribution in [-0.2, 0) is 4.79 Å². The largest absolute Gasteiger partial charge is 0.353 e. The average molecular weight is 273 g/mol. The van der Waals surface area contributed by atoms with Crippen molar-refractivity contribution >= 4 is 17.2 Å². The molecule has 1 aliphatic heterocycles. The molecule has 0 aliphatic carbocycles. The van der Waals surface area contributed by atoms with E-state index in [2.05, 4.69) is 15.6 Å². The Morgan fingerprint density at radius 1 is 1.32 bits per heavy atom. The summed E-state index contributed by atoms with van der Waals surface area (Å²) in [4.78, 5) is 16.5. The van der Waals surface area contributed by atoms with Gasteiger partial charge in [0, 0.05) is 24.0 Å². The Labute approximate surface area is 115 Å². The van der Waals surface area contributed by atoms with Crippen molar-refractivity contribution in [2.45, 2.75) is 13.0 Å². The second-order valence-electron chi connectivity index (χ2n) is 4.52. The highest BCUT2D eigenvalue weighted by molar-refractivity contribution is 7.09. The standard InChI is InChI=1S/C14H15N3OS/c1-9-17-12(8-19-9)10-4-2-3-5-11(10)13-14(18)16-7-6-15-13/h2-5,8,13,15H,6-7H2,1H3,(H,16,18). The maximum absolute atomic E-state index is 12.0. The summed E-state index contributed by atoms with van der Waals surface area (Å²) in [5.74, 6) is 0.0330. The van der Waals surface area contributed by atoms with Crippen LogP contribution >= 0.6 is 11.3 Å². The maximum Gasteiger partial charge on any atom is 0.241 e. The molecule has 0 bridgehead atoms. The van der Waals surface area contributed by atoms with E-state index < -0.39 is 0 Å². The minimum atomic E-state index is -0.285. The fraction of sp³-hybridized carbons (Fsp3) is 0.286. The van der Waals surface area contributed by atoms with E-state index in [-0.39, 0.29) is 11.9 Å². The first-order chi connectivity index (χ1) is 9.25. The van der Waals surface area contributed by atoms with Crippen LogP contribution in [0.4, 0.5) is 0 Å². The Morgan fingerprint density at radius 3 is 2.89 bits per heavy atom. The monoisotopic (exact) mass is 273 g/mol. The van der Waals surface area contributed by atoms with Gasteiger partial charge in [0.2, 0.25) is 5.91 Å². The molecule has 1 amide bonds. The SMILES string of the molecule is Cc1nc(-c2ccccc2C2NCCNC2=O)cs1. The van der Waals surface area contributed by atoms with Crippen LogP contribution in [0.1, 0.15) is 16.6 Å². The number of aromatic nitrogens is 1. The minimum Gasteiger partial charge on any atom is -0.353 e. The predicted octanol–water partition coefficient (Wildman–Crippen LogP) is 1.88. The molecule has 1 aliphatic rings. The lowest BCUT2D eigenvalue weighted by molar-refractivity contribution is -0.124. The molecule has 3 rings (SSSR count). The lowest BCUT2D eigenvalue weighted by Crippen LogP contribution is -2.47. The van der Waals surface area contributed by atoms with Crippen molar-refractivity contribution in [1.29, 1.82) is 0 Å². The van der Waals surface area contributed by atoms with Crippen LogP contribution in [0.5, 0.6) is 0 Å². The number of nitrogens with one attached hydrogen (secondary N) is 2. The number of piperazine rings is 1. The summed E-state index contributed by atoms with van der Waals surface area (Å²) < 4.78 is 0. The van der Waals surface area contributed by atoms with E-state index in [0.29, 0.717) is 6.54 Å². The quantitative estimate of drug-likeness (QED) is 0.878. The number of hydrogen-bond donors (Lipinski definition) is 2. The molecule has 1 unspecified atom stereocenters. The normalized spacial score (nSPS) is 19.2. The molecule has 4 nitrogen and oxygen atoms in total. The number of aryl methyl sites for hydroxylation is 1. The molecule has 0 radical (unpaired) electrons. The van der Waals surface area contributed by atoms with Gasteiger partial charge in [-0.05, 0) is 12.5 Å². The zero-order valence-electron chi connectivity index (χ0n) is 10.6. The van der Waals surface area contributed by atoms with Crippen molar-refractivity contribution in [3.05, 3.63) is 40.2 Å². The van der Waals surface area contributed by atoms with E-state index in [1.54, 1.807) is 11.3 Å². The van der Waals surface area contributed by atoms with Crippen LogP contribution in [0.15, 0.2) is 29.6 Å². The first-order valence-electron chi connectivity index (χ1n) is 6.28. The van der Waals surface area contributed by atoms with Gasteiger partial charge in [0.25, 0.3) is 0 Å². The van der Waals surface area contributed by atoms with Crippen molar-refractivity contribution in [3.63, 3.8) is 0 Å². The first kappa shape index (κ1) is 12.3. The molecule has 5 heteroatoms. The summed E-state index contributed by atoms with van der Waals surface area (Å²) >= 11 is 1.62. The molecule has 0 saturated carbocycles. The Bertz CT molecular complexity index is 608. The summed E-state index contributed by atoms with van der Waals surface area (Å²) in [7, 11) is 0. The van der Waals surface area contributed by atoms with Crippen molar-refractivity contribution in [3.8, 4) is 11.3 Å². The zero-order chi connectivity index (χ0) is 13.2. The highest BCUT2D eigenvalue weighted by Gasteiger charge is 2.25. The van der Waals surface area contributed by atoms with Gasteiger partial charge >= 0.3 is 0 Å². The Morgan fingerprint density at radius 2 is 2.16 bits per heavy atom. The Kier molecular flexibility index (Phi) is 3.31. The van der Waals surface area contributed by atoms with Crippen LogP contribution in [-0.4, -0.2) is 24.0 Å². The van der Waals surface area contributed by atoms with Crippen LogP contribution in [0, 0.1) is 6.92 Å². The number of benzene rings is 1. The molecule has 0 spiro atoms. The smallest absolute Gasteiger partial charge is 0.241 e. The summed E-state index contributed by atoms with van der Waals surface area (Å²) in [5, 5.41) is 9.23. The first-order valence-corrected chi connectivity index (χ1v) is 7.16. The van der Waals surface area contributed by atoms with Crippen molar-refractivity contribution in [1.82, 2.24) is 15.6 Å². The number of hydrogen-bond acceptors (Lipinski definition) is 4. The third kappa shape index (κ3) is 2.39. The van der Waals surface area contributed by atoms with Gasteiger partial charge in [0.1, 0.15) is 6.04 Å². The van der Waals surface area contributed by atoms with E-state index in [1.165, 1.54) is 0 Å². The van der Waals surface area contributed by atoms with Crippen molar-refractivity contribution in [2.75, 3.05) is 13.1 Å². The van der Waals surface area contributed by atoms with Crippen LogP contribution in [0.2, 0.25) is 0 Å². The number of carbonyl (C=O) groups is 1. The number of thiazole rings is 1. The van der Waals surface area contributed by atoms with Gasteiger partial charge in [-0.2, -0.15) is 0 Å². The number of carbonyl (C=O) groups excluding carboxylic acids is 1. The van der Waals surface area contributed by atoms with Gasteiger partial charge in [-0.15, -0.1) is 11.3 Å². The average Bonchev–Trinajstić information content (AvgIpc) is 2.86. The van der Waals surface area contributed by atoms with Gasteiger partial charge in [-0.25, -0.2) is 4.98 Å². The molecule has 1 saturated heterocycles. The minimum absolute atomic E-state index is 0.0330. The van der Waals surface area contributed by atoms with Gasteiger partial charge in [-0.3, -0.25) is 4.79 Å². The van der Waals surface area contributed by atoms with E-state index in [9.17, 15) is 4.79 Å². The van der Waals surface area contributed by atoms with E-state index in [0.717, 1.165) is 28.4 Å². The number of rotatable bonds is 2. The summed E-state index contributed by atoms with van der Waals surface area (Å²) in [6.07, 6.45) is 0. The van der Waals surface area contributed by atoms with Crippen LogP contribution in [0.25, 0.3) is 11.3 Å². The van der Waals surface area contributed by atoms with Crippen molar-refractivity contribution in [2.24, 2.45) is 0 Å². The molecule has 1 atom stereocenters. The topological polar surface area (TPSA) is 54.0 Å².